The summed E-state index contributed by atoms with van der Waals surface area (Å²) in [4.78, 5) is 41.6. The monoisotopic (exact) mass is 583 g/mol. The van der Waals surface area contributed by atoms with Gasteiger partial charge in [0.25, 0.3) is 11.7 Å². The predicted molar refractivity (Wildman–Crippen MR) is 152 cm³/mol. The fourth-order valence-corrected chi connectivity index (χ4v) is 6.97. The number of hydrogen-bond acceptors (Lipinski definition) is 9. The van der Waals surface area contributed by atoms with Gasteiger partial charge in [-0.2, -0.15) is 0 Å². The van der Waals surface area contributed by atoms with Crippen LogP contribution in [0.1, 0.15) is 92.4 Å². The van der Waals surface area contributed by atoms with Crippen molar-refractivity contribution < 1.29 is 43.5 Å². The van der Waals surface area contributed by atoms with Gasteiger partial charge in [0.15, 0.2) is 0 Å². The SMILES string of the molecule is COC1CC(CC(C)C(OC(=O)C2CCCCN2C(=O)C(=O)C2(O)OC(C)CCC2C)C(C)C)CCC1OCCO. The zero-order valence-electron chi connectivity index (χ0n) is 25.9. The normalized spacial score (nSPS) is 34.2. The van der Waals surface area contributed by atoms with Crippen molar-refractivity contribution in [1.82, 2.24) is 4.90 Å². The molecule has 3 rings (SSSR count). The molecule has 9 unspecified atom stereocenters. The van der Waals surface area contributed by atoms with E-state index in [1.54, 1.807) is 21.0 Å². The summed E-state index contributed by atoms with van der Waals surface area (Å²) in [5, 5.41) is 20.2. The van der Waals surface area contributed by atoms with Crippen molar-refractivity contribution in [1.29, 1.82) is 0 Å². The molecular formula is C31H53NO9. The van der Waals surface area contributed by atoms with E-state index in [0.717, 1.165) is 32.1 Å². The van der Waals surface area contributed by atoms with E-state index in [0.29, 0.717) is 38.2 Å². The molecule has 0 aromatic heterocycles. The highest BCUT2D eigenvalue weighted by Crippen LogP contribution is 2.36. The summed E-state index contributed by atoms with van der Waals surface area (Å²) >= 11 is 0. The van der Waals surface area contributed by atoms with Crippen LogP contribution in [0.25, 0.3) is 0 Å². The lowest BCUT2D eigenvalue weighted by molar-refractivity contribution is -0.259. The van der Waals surface area contributed by atoms with Gasteiger partial charge < -0.3 is 34.1 Å². The largest absolute Gasteiger partial charge is 0.460 e. The summed E-state index contributed by atoms with van der Waals surface area (Å²) in [5.41, 5.74) is 0. The lowest BCUT2D eigenvalue weighted by Gasteiger charge is -2.41. The first-order chi connectivity index (χ1) is 19.4. The number of ether oxygens (including phenoxy) is 4. The molecule has 3 aliphatic rings. The number of amides is 1. The van der Waals surface area contributed by atoms with Crippen LogP contribution in [0.5, 0.6) is 0 Å². The number of aliphatic hydroxyl groups is 2. The van der Waals surface area contributed by atoms with Crippen molar-refractivity contribution in [3.8, 4) is 0 Å². The Morgan fingerprint density at radius 2 is 1.76 bits per heavy atom. The van der Waals surface area contributed by atoms with E-state index in [2.05, 4.69) is 6.92 Å². The second kappa shape index (κ2) is 15.2. The molecule has 1 amide bonds. The molecule has 3 fully saturated rings. The fourth-order valence-electron chi connectivity index (χ4n) is 6.97. The molecule has 9 atom stereocenters. The smallest absolute Gasteiger partial charge is 0.329 e. The number of ketones is 1. The zero-order chi connectivity index (χ0) is 30.3. The minimum absolute atomic E-state index is 0.0139. The first-order valence-corrected chi connectivity index (χ1v) is 15.6. The second-order valence-corrected chi connectivity index (χ2v) is 12.9. The Kier molecular flexibility index (Phi) is 12.6. The number of carbonyl (C=O) groups is 3. The van der Waals surface area contributed by atoms with Gasteiger partial charge in [-0.15, -0.1) is 0 Å². The Morgan fingerprint density at radius 1 is 1.02 bits per heavy atom. The van der Waals surface area contributed by atoms with Crippen LogP contribution in [-0.2, 0) is 33.3 Å². The molecule has 2 aliphatic heterocycles. The van der Waals surface area contributed by atoms with Crippen molar-refractivity contribution in [3.05, 3.63) is 0 Å². The maximum absolute atomic E-state index is 13.6. The minimum atomic E-state index is -2.18. The van der Waals surface area contributed by atoms with Gasteiger partial charge >= 0.3 is 5.97 Å². The topological polar surface area (TPSA) is 132 Å². The number of aliphatic hydroxyl groups excluding tert-OH is 1. The fraction of sp³-hybridized carbons (Fsp3) is 0.903. The van der Waals surface area contributed by atoms with E-state index in [9.17, 15) is 19.5 Å². The number of esters is 1. The summed E-state index contributed by atoms with van der Waals surface area (Å²) in [6.07, 6.45) is 5.84. The lowest BCUT2D eigenvalue weighted by Crippen LogP contribution is -2.60. The van der Waals surface area contributed by atoms with E-state index in [1.165, 1.54) is 4.90 Å². The van der Waals surface area contributed by atoms with Gasteiger partial charge in [-0.1, -0.05) is 27.7 Å². The molecule has 0 spiro atoms. The van der Waals surface area contributed by atoms with Crippen LogP contribution < -0.4 is 0 Å². The molecule has 236 valence electrons. The van der Waals surface area contributed by atoms with Crippen molar-refractivity contribution >= 4 is 17.7 Å². The molecule has 41 heavy (non-hydrogen) atoms. The molecule has 2 N–H and O–H groups in total. The highest BCUT2D eigenvalue weighted by molar-refractivity contribution is 6.39. The van der Waals surface area contributed by atoms with E-state index < -0.39 is 35.4 Å². The van der Waals surface area contributed by atoms with Crippen LogP contribution in [0.15, 0.2) is 0 Å². The van der Waals surface area contributed by atoms with Gasteiger partial charge in [0, 0.05) is 19.6 Å². The summed E-state index contributed by atoms with van der Waals surface area (Å²) in [7, 11) is 1.69. The molecule has 1 aliphatic carbocycles. The molecule has 10 nitrogen and oxygen atoms in total. The molecular weight excluding hydrogens is 530 g/mol. The van der Waals surface area contributed by atoms with Crippen molar-refractivity contribution in [2.75, 3.05) is 26.9 Å². The van der Waals surface area contributed by atoms with Crippen LogP contribution in [-0.4, -0.2) is 95.9 Å². The van der Waals surface area contributed by atoms with E-state index in [1.807, 2.05) is 13.8 Å². The number of rotatable bonds is 12. The van der Waals surface area contributed by atoms with E-state index >= 15 is 0 Å². The summed E-state index contributed by atoms with van der Waals surface area (Å²) in [6.45, 7) is 10.2. The first kappa shape index (κ1) is 33.9. The van der Waals surface area contributed by atoms with Crippen LogP contribution in [0, 0.1) is 23.7 Å². The standard InChI is InChI=1S/C31H53NO9/c1-19(2)27(20(3)17-23-12-13-25(39-16-15-33)26(18-23)38-6)40-30(36)24-9-7-8-14-32(24)29(35)28(34)31(37)21(4)10-11-22(5)41-31/h19-27,33,37H,7-18H2,1-6H3. The average Bonchev–Trinajstić information content (AvgIpc) is 2.95. The van der Waals surface area contributed by atoms with Crippen LogP contribution in [0.2, 0.25) is 0 Å². The molecule has 2 saturated heterocycles. The Balaban J connectivity index is 1.65. The zero-order valence-corrected chi connectivity index (χ0v) is 25.9. The lowest BCUT2D eigenvalue weighted by atomic mass is 9.78. The summed E-state index contributed by atoms with van der Waals surface area (Å²) < 4.78 is 23.2. The Morgan fingerprint density at radius 3 is 2.41 bits per heavy atom. The van der Waals surface area contributed by atoms with Crippen molar-refractivity contribution in [2.45, 2.75) is 129 Å². The number of piperidine rings is 1. The minimum Gasteiger partial charge on any atom is -0.460 e. The summed E-state index contributed by atoms with van der Waals surface area (Å²) in [5.74, 6) is -4.57. The molecule has 0 bridgehead atoms. The van der Waals surface area contributed by atoms with Crippen molar-refractivity contribution in [2.24, 2.45) is 23.7 Å². The molecule has 1 saturated carbocycles. The van der Waals surface area contributed by atoms with Gasteiger partial charge in [0.2, 0.25) is 5.79 Å². The van der Waals surface area contributed by atoms with E-state index in [4.69, 9.17) is 24.1 Å². The first-order valence-electron chi connectivity index (χ1n) is 15.6. The number of carbonyl (C=O) groups excluding carboxylic acids is 3. The van der Waals surface area contributed by atoms with Gasteiger partial charge in [0.05, 0.1) is 31.5 Å². The van der Waals surface area contributed by atoms with E-state index in [-0.39, 0.29) is 49.4 Å². The van der Waals surface area contributed by atoms with Crippen LogP contribution >= 0.6 is 0 Å². The third kappa shape index (κ3) is 8.28. The maximum atomic E-state index is 13.6. The second-order valence-electron chi connectivity index (χ2n) is 12.9. The number of Topliss-reactive ketones (excluding diaryl/α,β-unsaturated/α-hetero) is 1. The molecule has 0 radical (unpaired) electrons. The Bertz CT molecular complexity index is 882. The quantitative estimate of drug-likeness (QED) is 0.262. The van der Waals surface area contributed by atoms with Crippen molar-refractivity contribution in [3.63, 3.8) is 0 Å². The predicted octanol–water partition coefficient (Wildman–Crippen LogP) is 3.25. The average molecular weight is 584 g/mol. The highest BCUT2D eigenvalue weighted by Gasteiger charge is 2.52. The Hall–Kier alpha value is -1.59. The van der Waals surface area contributed by atoms with Gasteiger partial charge in [-0.05, 0) is 82.5 Å². The van der Waals surface area contributed by atoms with Gasteiger partial charge in [-0.25, -0.2) is 4.79 Å². The highest BCUT2D eigenvalue weighted by atomic mass is 16.6. The molecule has 2 heterocycles. The molecule has 0 aromatic carbocycles. The van der Waals surface area contributed by atoms with Crippen LogP contribution in [0.3, 0.4) is 0 Å². The van der Waals surface area contributed by atoms with Gasteiger partial charge in [0.1, 0.15) is 12.1 Å². The number of nitrogens with zero attached hydrogens (tertiary/aromatic N) is 1. The molecule has 0 aromatic rings. The summed E-state index contributed by atoms with van der Waals surface area (Å²) in [6, 6.07) is -0.870. The Labute approximate surface area is 245 Å². The third-order valence-corrected chi connectivity index (χ3v) is 9.35. The van der Waals surface area contributed by atoms with Gasteiger partial charge in [-0.3, -0.25) is 9.59 Å². The maximum Gasteiger partial charge on any atom is 0.329 e. The van der Waals surface area contributed by atoms with Crippen LogP contribution in [0.4, 0.5) is 0 Å². The number of methoxy groups -OCH3 is 1. The molecule has 10 heteroatoms. The number of hydrogen-bond donors (Lipinski definition) is 2. The third-order valence-electron chi connectivity index (χ3n) is 9.35. The number of likely N-dealkylation sites (tertiary alicyclic amines) is 1.